The molecule has 2 aliphatic rings. The SMILES string of the molecule is COCCn1c(SCC(=O)Nc2ccc3c(c2)OCCO3)nc2c(c1=O)S[C@@H](C)C2. The summed E-state index contributed by atoms with van der Waals surface area (Å²) in [6, 6.07) is 5.30. The van der Waals surface area contributed by atoms with Gasteiger partial charge in [0.1, 0.15) is 13.2 Å². The van der Waals surface area contributed by atoms with Crippen LogP contribution in [0.5, 0.6) is 11.5 Å². The molecule has 0 unspecified atom stereocenters. The molecule has 30 heavy (non-hydrogen) atoms. The second kappa shape index (κ2) is 9.32. The number of hydrogen-bond donors (Lipinski definition) is 1. The third-order valence-electron chi connectivity index (χ3n) is 4.64. The van der Waals surface area contributed by atoms with Gasteiger partial charge in [0.2, 0.25) is 5.91 Å². The van der Waals surface area contributed by atoms with E-state index in [1.165, 1.54) is 11.8 Å². The molecule has 0 saturated carbocycles. The van der Waals surface area contributed by atoms with Gasteiger partial charge in [-0.1, -0.05) is 18.7 Å². The first-order chi connectivity index (χ1) is 14.5. The van der Waals surface area contributed by atoms with Crippen LogP contribution in [0.3, 0.4) is 0 Å². The third-order valence-corrected chi connectivity index (χ3v) is 6.83. The zero-order valence-electron chi connectivity index (χ0n) is 16.8. The number of fused-ring (bicyclic) bond motifs is 2. The van der Waals surface area contributed by atoms with Gasteiger partial charge in [-0.2, -0.15) is 0 Å². The van der Waals surface area contributed by atoms with Crippen LogP contribution in [0.25, 0.3) is 0 Å². The number of amides is 1. The zero-order chi connectivity index (χ0) is 21.1. The Bertz CT molecular complexity index is 1010. The Hall–Kier alpha value is -2.17. The maximum absolute atomic E-state index is 12.9. The molecule has 1 aromatic carbocycles. The predicted molar refractivity (Wildman–Crippen MR) is 116 cm³/mol. The van der Waals surface area contributed by atoms with Crippen molar-refractivity contribution in [2.24, 2.45) is 0 Å². The van der Waals surface area contributed by atoms with Gasteiger partial charge >= 0.3 is 0 Å². The molecule has 0 saturated heterocycles. The van der Waals surface area contributed by atoms with Crippen LogP contribution < -0.4 is 20.3 Å². The number of anilines is 1. The Balaban J connectivity index is 1.46. The average molecular weight is 450 g/mol. The van der Waals surface area contributed by atoms with Gasteiger partial charge in [0, 0.05) is 30.5 Å². The largest absolute Gasteiger partial charge is 0.486 e. The number of methoxy groups -OCH3 is 1. The molecule has 0 fully saturated rings. The first kappa shape index (κ1) is 21.1. The fourth-order valence-electron chi connectivity index (χ4n) is 3.27. The summed E-state index contributed by atoms with van der Waals surface area (Å²) in [6.45, 7) is 3.89. The number of carbonyl (C=O) groups is 1. The van der Waals surface area contributed by atoms with Gasteiger partial charge in [0.25, 0.3) is 5.56 Å². The molecule has 1 N–H and O–H groups in total. The summed E-state index contributed by atoms with van der Waals surface area (Å²) in [5, 5.41) is 3.73. The van der Waals surface area contributed by atoms with E-state index in [1.807, 2.05) is 0 Å². The van der Waals surface area contributed by atoms with Crippen molar-refractivity contribution in [2.75, 3.05) is 38.0 Å². The molecule has 2 aromatic rings. The van der Waals surface area contributed by atoms with E-state index < -0.39 is 0 Å². The number of hydrogen-bond acceptors (Lipinski definition) is 8. The van der Waals surface area contributed by atoms with E-state index in [9.17, 15) is 9.59 Å². The smallest absolute Gasteiger partial charge is 0.268 e. The topological polar surface area (TPSA) is 91.7 Å². The van der Waals surface area contributed by atoms with Crippen molar-refractivity contribution >= 4 is 35.1 Å². The maximum Gasteiger partial charge on any atom is 0.268 e. The van der Waals surface area contributed by atoms with Gasteiger partial charge in [-0.25, -0.2) is 4.98 Å². The molecule has 160 valence electrons. The van der Waals surface area contributed by atoms with Crippen LogP contribution in [0.4, 0.5) is 5.69 Å². The second-order valence-electron chi connectivity index (χ2n) is 6.95. The Morgan fingerprint density at radius 2 is 2.17 bits per heavy atom. The lowest BCUT2D eigenvalue weighted by atomic mass is 10.2. The summed E-state index contributed by atoms with van der Waals surface area (Å²) in [4.78, 5) is 30.8. The van der Waals surface area contributed by atoms with Gasteiger partial charge in [-0.05, 0) is 12.1 Å². The van der Waals surface area contributed by atoms with Crippen LogP contribution in [0.1, 0.15) is 12.6 Å². The molecule has 3 heterocycles. The summed E-state index contributed by atoms with van der Waals surface area (Å²) in [5.74, 6) is 1.24. The average Bonchev–Trinajstić information content (AvgIpc) is 3.12. The minimum absolute atomic E-state index is 0.0545. The summed E-state index contributed by atoms with van der Waals surface area (Å²) >= 11 is 2.82. The molecule has 0 radical (unpaired) electrons. The second-order valence-corrected chi connectivity index (χ2v) is 9.34. The van der Waals surface area contributed by atoms with Crippen LogP contribution in [0.2, 0.25) is 0 Å². The molecular weight excluding hydrogens is 426 g/mol. The quantitative estimate of drug-likeness (QED) is 0.509. The van der Waals surface area contributed by atoms with E-state index in [4.69, 9.17) is 14.2 Å². The predicted octanol–water partition coefficient (Wildman–Crippen LogP) is 2.43. The number of aromatic nitrogens is 2. The molecule has 1 aromatic heterocycles. The Morgan fingerprint density at radius 3 is 2.97 bits per heavy atom. The fourth-order valence-corrected chi connectivity index (χ4v) is 5.23. The van der Waals surface area contributed by atoms with Crippen LogP contribution >= 0.6 is 23.5 Å². The van der Waals surface area contributed by atoms with Crippen molar-refractivity contribution in [3.8, 4) is 11.5 Å². The molecule has 2 aliphatic heterocycles. The van der Waals surface area contributed by atoms with Crippen LogP contribution in [0, 0.1) is 0 Å². The van der Waals surface area contributed by atoms with E-state index in [1.54, 1.807) is 41.6 Å². The van der Waals surface area contributed by atoms with E-state index in [-0.39, 0.29) is 17.2 Å². The molecule has 0 spiro atoms. The highest BCUT2D eigenvalue weighted by Crippen LogP contribution is 2.35. The number of rotatable bonds is 7. The molecule has 4 rings (SSSR count). The van der Waals surface area contributed by atoms with Crippen LogP contribution in [-0.4, -0.2) is 53.4 Å². The van der Waals surface area contributed by atoms with Gasteiger partial charge in [0.05, 0.1) is 29.5 Å². The number of benzene rings is 1. The van der Waals surface area contributed by atoms with Gasteiger partial charge < -0.3 is 19.5 Å². The van der Waals surface area contributed by atoms with Crippen molar-refractivity contribution in [3.05, 3.63) is 34.2 Å². The minimum Gasteiger partial charge on any atom is -0.486 e. The minimum atomic E-state index is -0.188. The third kappa shape index (κ3) is 4.60. The first-order valence-corrected chi connectivity index (χ1v) is 11.5. The highest BCUT2D eigenvalue weighted by molar-refractivity contribution is 8.00. The summed E-state index contributed by atoms with van der Waals surface area (Å²) in [5.41, 5.74) is 1.40. The lowest BCUT2D eigenvalue weighted by molar-refractivity contribution is -0.113. The van der Waals surface area contributed by atoms with E-state index >= 15 is 0 Å². The number of carbonyl (C=O) groups excluding carboxylic acids is 1. The zero-order valence-corrected chi connectivity index (χ0v) is 18.4. The summed E-state index contributed by atoms with van der Waals surface area (Å²) < 4.78 is 17.8. The highest BCUT2D eigenvalue weighted by Gasteiger charge is 2.26. The Morgan fingerprint density at radius 1 is 1.37 bits per heavy atom. The van der Waals surface area contributed by atoms with Crippen LogP contribution in [-0.2, 0) is 22.5 Å². The van der Waals surface area contributed by atoms with Crippen molar-refractivity contribution in [1.82, 2.24) is 9.55 Å². The van der Waals surface area contributed by atoms with Gasteiger partial charge in [0.15, 0.2) is 16.7 Å². The molecular formula is C20H23N3O5S2. The van der Waals surface area contributed by atoms with Crippen molar-refractivity contribution in [3.63, 3.8) is 0 Å². The normalized spacial score (nSPS) is 16.9. The lowest BCUT2D eigenvalue weighted by Gasteiger charge is -2.19. The molecule has 1 atom stereocenters. The standard InChI is InChI=1S/C20H23N3O5S2/c1-12-9-14-18(30-12)19(25)23(5-6-26-2)20(22-14)29-11-17(24)21-13-3-4-15-16(10-13)28-8-7-27-15/h3-4,10,12H,5-9,11H2,1-2H3,(H,21,24)/t12-/m0/s1. The lowest BCUT2D eigenvalue weighted by Crippen LogP contribution is -2.27. The highest BCUT2D eigenvalue weighted by atomic mass is 32.2. The fraction of sp³-hybridized carbons (Fsp3) is 0.450. The number of thioether (sulfide) groups is 2. The summed E-state index contributed by atoms with van der Waals surface area (Å²) in [7, 11) is 1.59. The Labute approximate surface area is 182 Å². The number of nitrogens with zero attached hydrogens (tertiary/aromatic N) is 2. The van der Waals surface area contributed by atoms with E-state index in [0.717, 1.165) is 12.1 Å². The maximum atomic E-state index is 12.9. The molecule has 0 bridgehead atoms. The van der Waals surface area contributed by atoms with Crippen molar-refractivity contribution < 1.29 is 19.0 Å². The number of nitrogens with one attached hydrogen (secondary N) is 1. The van der Waals surface area contributed by atoms with E-state index in [0.29, 0.717) is 58.9 Å². The van der Waals surface area contributed by atoms with Crippen LogP contribution in [0.15, 0.2) is 33.0 Å². The number of ether oxygens (including phenoxy) is 3. The van der Waals surface area contributed by atoms with Crippen molar-refractivity contribution in [1.29, 1.82) is 0 Å². The van der Waals surface area contributed by atoms with Crippen molar-refractivity contribution in [2.45, 2.75) is 35.2 Å². The van der Waals surface area contributed by atoms with Gasteiger partial charge in [-0.15, -0.1) is 11.8 Å². The molecule has 10 heteroatoms. The molecule has 0 aliphatic carbocycles. The van der Waals surface area contributed by atoms with Gasteiger partial charge in [-0.3, -0.25) is 14.2 Å². The summed E-state index contributed by atoms with van der Waals surface area (Å²) in [6.07, 6.45) is 0.761. The first-order valence-electron chi connectivity index (χ1n) is 9.66. The monoisotopic (exact) mass is 449 g/mol. The van der Waals surface area contributed by atoms with E-state index in [2.05, 4.69) is 17.2 Å². The Kier molecular flexibility index (Phi) is 6.55. The molecule has 8 nitrogen and oxygen atoms in total. The molecule has 1 amide bonds.